The second-order valence-corrected chi connectivity index (χ2v) is 23.1. The summed E-state index contributed by atoms with van der Waals surface area (Å²) in [5, 5.41) is 11.1. The molecule has 3 N–H and O–H groups in total. The molecule has 394 valence electrons. The molecule has 75 heavy (non-hydrogen) atoms. The van der Waals surface area contributed by atoms with Gasteiger partial charge < -0.3 is 19.2 Å². The third kappa shape index (κ3) is 13.3. The van der Waals surface area contributed by atoms with Crippen LogP contribution in [0.25, 0.3) is 0 Å². The molecule has 2 aromatic carbocycles. The summed E-state index contributed by atoms with van der Waals surface area (Å²) >= 11 is 0. The molecular weight excluding hydrogens is 1000 g/mol. The minimum atomic E-state index is -0.836. The summed E-state index contributed by atoms with van der Waals surface area (Å²) in [6.07, 6.45) is 6.58. The fraction of sp³-hybridized carbons (Fsp3) is 0.510. The number of likely N-dealkylation sites (tertiary alicyclic amines) is 1. The summed E-state index contributed by atoms with van der Waals surface area (Å²) in [6, 6.07) is 14.1. The number of hydrogen-bond acceptors (Lipinski definition) is 16. The molecule has 0 spiro atoms. The van der Waals surface area contributed by atoms with E-state index >= 15 is 4.39 Å². The number of carbonyl (C=O) groups is 6. The van der Waals surface area contributed by atoms with E-state index in [0.717, 1.165) is 42.6 Å². The van der Waals surface area contributed by atoms with E-state index in [1.165, 1.54) is 6.07 Å². The second-order valence-electron chi connectivity index (χ2n) is 20.0. The zero-order chi connectivity index (χ0) is 52.7. The van der Waals surface area contributed by atoms with Crippen molar-refractivity contribution in [3.8, 4) is 11.5 Å². The number of rotatable bonds is 20. The molecule has 6 heterocycles. The van der Waals surface area contributed by atoms with Crippen LogP contribution >= 0.6 is 21.6 Å². The monoisotopic (exact) mass is 1060 g/mol. The van der Waals surface area contributed by atoms with Crippen LogP contribution in [0.1, 0.15) is 94.2 Å². The van der Waals surface area contributed by atoms with Gasteiger partial charge >= 0.3 is 182 Å². The van der Waals surface area contributed by atoms with Gasteiger partial charge in [-0.25, -0.2) is 10.2 Å². The number of fused-ring (bicyclic) bond motifs is 2. The van der Waals surface area contributed by atoms with Gasteiger partial charge in [0.15, 0.2) is 0 Å². The van der Waals surface area contributed by atoms with Gasteiger partial charge in [-0.15, -0.1) is 5.06 Å². The van der Waals surface area contributed by atoms with Gasteiger partial charge in [0.05, 0.1) is 25.3 Å². The minimum absolute atomic E-state index is 0.0332. The van der Waals surface area contributed by atoms with E-state index in [9.17, 15) is 28.8 Å². The Labute approximate surface area is 444 Å². The van der Waals surface area contributed by atoms with E-state index < -0.39 is 33.8 Å². The van der Waals surface area contributed by atoms with Crippen molar-refractivity contribution in [2.24, 2.45) is 11.0 Å². The number of urea groups is 1. The van der Waals surface area contributed by atoms with Crippen molar-refractivity contribution in [1.82, 2.24) is 35.5 Å². The molecule has 0 bridgehead atoms. The molecule has 24 heteroatoms. The van der Waals surface area contributed by atoms with Gasteiger partial charge in [-0.1, -0.05) is 21.6 Å². The van der Waals surface area contributed by atoms with Crippen LogP contribution in [0.2, 0.25) is 0 Å². The van der Waals surface area contributed by atoms with E-state index in [2.05, 4.69) is 31.0 Å². The number of hydrazone groups is 1. The predicted octanol–water partition coefficient (Wildman–Crippen LogP) is 4.52. The second kappa shape index (κ2) is 23.8. The fourth-order valence-corrected chi connectivity index (χ4v) is 12.5. The molecule has 6 amide bonds. The molecule has 3 aromatic rings. The quantitative estimate of drug-likeness (QED) is 0.0467. The number of anilines is 1. The van der Waals surface area contributed by atoms with Crippen LogP contribution in [0.5, 0.6) is 11.5 Å². The predicted molar refractivity (Wildman–Crippen MR) is 282 cm³/mol. The maximum absolute atomic E-state index is 15.3. The number of hydroxylamine groups is 2. The number of amides is 6. The molecule has 4 fully saturated rings. The number of piperazine rings is 1. The molecule has 3 atom stereocenters. The Kier molecular flexibility index (Phi) is 17.1. The average Bonchev–Trinajstić information content (AvgIpc) is 3.80. The van der Waals surface area contributed by atoms with Gasteiger partial charge in [0.2, 0.25) is 11.8 Å². The van der Waals surface area contributed by atoms with Crippen molar-refractivity contribution in [2.45, 2.75) is 100 Å². The van der Waals surface area contributed by atoms with Gasteiger partial charge in [0.1, 0.15) is 11.5 Å². The van der Waals surface area contributed by atoms with E-state index in [0.29, 0.717) is 97.4 Å². The summed E-state index contributed by atoms with van der Waals surface area (Å²) in [7, 11) is 11.2. The van der Waals surface area contributed by atoms with Crippen LogP contribution in [-0.2, 0) is 40.0 Å². The van der Waals surface area contributed by atoms with Gasteiger partial charge in [-0.2, -0.15) is 5.10 Å². The zero-order valence-electron chi connectivity index (χ0n) is 42.1. The molecule has 2 radical (unpaired) electrons. The molecule has 5 aliphatic heterocycles. The summed E-state index contributed by atoms with van der Waals surface area (Å²) in [5.74, 6) is -0.724. The van der Waals surface area contributed by atoms with Gasteiger partial charge in [-0.3, -0.25) is 24.1 Å². The summed E-state index contributed by atoms with van der Waals surface area (Å²) < 4.78 is 32.2. The summed E-state index contributed by atoms with van der Waals surface area (Å²) in [6.45, 7) is 8.63. The van der Waals surface area contributed by atoms with Crippen LogP contribution in [0.4, 0.5) is 14.9 Å². The van der Waals surface area contributed by atoms with Crippen molar-refractivity contribution < 1.29 is 52.1 Å². The molecule has 6 aliphatic rings. The number of pyridine rings is 1. The third-order valence-electron chi connectivity index (χ3n) is 14.1. The third-order valence-corrected chi connectivity index (χ3v) is 17.4. The Bertz CT molecular complexity index is 2700. The normalized spacial score (nSPS) is 22.0. The molecule has 19 nitrogen and oxygen atoms in total. The Morgan fingerprint density at radius 2 is 1.76 bits per heavy atom. The molecule has 3 saturated heterocycles. The molecule has 9 rings (SSSR count). The van der Waals surface area contributed by atoms with E-state index in [4.69, 9.17) is 26.8 Å². The van der Waals surface area contributed by atoms with Gasteiger partial charge in [-0.05, 0) is 32.4 Å². The van der Waals surface area contributed by atoms with Crippen LogP contribution in [0.3, 0.4) is 0 Å². The Morgan fingerprint density at radius 1 is 0.973 bits per heavy atom. The first kappa shape index (κ1) is 53.7. The number of aromatic nitrogens is 1. The Balaban J connectivity index is 0.618. The van der Waals surface area contributed by atoms with Crippen LogP contribution in [0, 0.1) is 11.7 Å². The maximum atomic E-state index is 15.3. The molecular formula is C51H60B2FN9O10S2. The first-order valence-electron chi connectivity index (χ1n) is 25.4. The van der Waals surface area contributed by atoms with Crippen molar-refractivity contribution >= 4 is 89.2 Å². The number of benzene rings is 2. The van der Waals surface area contributed by atoms with Crippen molar-refractivity contribution in [3.05, 3.63) is 83.4 Å². The number of hydrogen-bond donors (Lipinski definition) is 3. The Hall–Kier alpha value is -6.13. The van der Waals surface area contributed by atoms with Crippen molar-refractivity contribution in [3.63, 3.8) is 0 Å². The van der Waals surface area contributed by atoms with Crippen LogP contribution in [0.15, 0.2) is 66.0 Å². The molecule has 1 aliphatic carbocycles. The number of nitrogens with zero attached hydrogens (tertiary/aromatic N) is 6. The number of piperidine rings is 1. The van der Waals surface area contributed by atoms with Crippen molar-refractivity contribution in [1.29, 1.82) is 0 Å². The van der Waals surface area contributed by atoms with Gasteiger partial charge in [0.25, 0.3) is 11.8 Å². The topological polar surface area (TPSA) is 214 Å². The molecule has 1 aromatic heterocycles. The Morgan fingerprint density at radius 3 is 2.51 bits per heavy atom. The van der Waals surface area contributed by atoms with Crippen LogP contribution < -0.4 is 25.5 Å². The van der Waals surface area contributed by atoms with Crippen LogP contribution in [-0.4, -0.2) is 161 Å². The molecule has 1 saturated carbocycles. The average molecular weight is 1060 g/mol. The number of nitrogens with one attached hydrogen (secondary N) is 3. The fourth-order valence-electron chi connectivity index (χ4n) is 10.0. The van der Waals surface area contributed by atoms with Crippen molar-refractivity contribution in [2.75, 3.05) is 63.6 Å². The first-order chi connectivity index (χ1) is 36.1. The number of imide groups is 1. The standard InChI is InChI=1S/C51H60B2FN9O10S2/c1-50(2,29-41(64)59-58-39-15-25-71-40-28-36(9-10-37(39)40)70-24-4-6-45(68)72-63-43(66)11-12-44(63)67)75-74-26-16-42(65)61-22-20-60(21-23-61)35-13-18-62(19-14-35)49(69)56-31-32-7-8-34(27-38(32)54)57-48-47-46(51(47,52)73-53-48)33-5-3-17-55-30-33/h3,5,7-10,17,27-28,30,35,46-47,57H,4,6,11-16,18-26,29,31H2,1-2H3,(H,56,69)(H,59,64)/b58-39+. The first-order valence-corrected chi connectivity index (χ1v) is 27.8. The summed E-state index contributed by atoms with van der Waals surface area (Å²) in [5.41, 5.74) is 5.99. The molecule has 3 unspecified atom stereocenters. The summed E-state index contributed by atoms with van der Waals surface area (Å²) in [4.78, 5) is 90.0. The number of halogens is 1. The van der Waals surface area contributed by atoms with E-state index in [1.54, 1.807) is 76.3 Å². The number of ether oxygens (including phenoxy) is 2. The van der Waals surface area contributed by atoms with E-state index in [1.807, 2.05) is 30.9 Å². The van der Waals surface area contributed by atoms with Gasteiger partial charge in [0, 0.05) is 86.5 Å². The number of carbonyl (C=O) groups excluding carboxylic acids is 6. The zero-order valence-corrected chi connectivity index (χ0v) is 43.7. The SMILES string of the molecule is [B]C12OB=C(Nc3ccc(CNC(=O)N4CCC(N5CCN(C(=O)CCSSC(C)(C)CC(=O)N/N=C6\CCOc7cc(OCCCC(=O)ON8C(=O)CCC8=O)ccc76)CC5)CC4)c(F)c3)C1C2c1cccnc1. The van der Waals surface area contributed by atoms with E-state index in [-0.39, 0.29) is 68.5 Å².